The van der Waals surface area contributed by atoms with Crippen molar-refractivity contribution in [2.24, 2.45) is 4.99 Å². The maximum Gasteiger partial charge on any atom is 0.183 e. The van der Waals surface area contributed by atoms with E-state index in [0.29, 0.717) is 6.04 Å². The number of rotatable bonds is 5. The fourth-order valence-electron chi connectivity index (χ4n) is 3.75. The zero-order valence-electron chi connectivity index (χ0n) is 15.4. The van der Waals surface area contributed by atoms with Crippen LogP contribution in [0.5, 0.6) is 0 Å². The maximum absolute atomic E-state index is 13.3. The molecule has 2 aromatic carbocycles. The summed E-state index contributed by atoms with van der Waals surface area (Å²) in [6, 6.07) is 13.9. The van der Waals surface area contributed by atoms with Crippen molar-refractivity contribution in [3.63, 3.8) is 0 Å². The van der Waals surface area contributed by atoms with Crippen LogP contribution in [0.1, 0.15) is 18.4 Å². The third-order valence-corrected chi connectivity index (χ3v) is 7.34. The number of thiazole rings is 1. The Morgan fingerprint density at radius 1 is 1.21 bits per heavy atom. The molecule has 0 unspecified atom stereocenters. The summed E-state index contributed by atoms with van der Waals surface area (Å²) in [5.74, 6) is 0.962. The number of nitrogens with one attached hydrogen (secondary N) is 1. The van der Waals surface area contributed by atoms with E-state index in [0.717, 1.165) is 40.5 Å². The molecular formula is C21H21FN4S2. The van der Waals surface area contributed by atoms with E-state index in [1.807, 2.05) is 11.8 Å². The minimum Gasteiger partial charge on any atom is -0.361 e. The molecule has 0 saturated carbocycles. The van der Waals surface area contributed by atoms with E-state index in [9.17, 15) is 4.39 Å². The molecule has 0 bridgehead atoms. The molecule has 5 rings (SSSR count). The summed E-state index contributed by atoms with van der Waals surface area (Å²) < 4.78 is 14.2. The first kappa shape index (κ1) is 17.9. The third-order valence-electron chi connectivity index (χ3n) is 5.23. The number of aromatic nitrogens is 1. The van der Waals surface area contributed by atoms with Crippen molar-refractivity contribution in [2.75, 3.05) is 24.2 Å². The van der Waals surface area contributed by atoms with Gasteiger partial charge in [-0.25, -0.2) is 14.4 Å². The Morgan fingerprint density at radius 2 is 2.11 bits per heavy atom. The molecule has 2 fully saturated rings. The average Bonchev–Trinajstić information content (AvgIpc) is 3.40. The topological polar surface area (TPSA) is 40.5 Å². The molecule has 0 radical (unpaired) electrons. The lowest BCUT2D eigenvalue weighted by Crippen LogP contribution is -2.27. The van der Waals surface area contributed by atoms with Crippen LogP contribution in [0.3, 0.4) is 0 Å². The molecule has 28 heavy (non-hydrogen) atoms. The van der Waals surface area contributed by atoms with Crippen LogP contribution < -0.4 is 5.32 Å². The molecule has 2 aliphatic heterocycles. The van der Waals surface area contributed by atoms with Crippen LogP contribution in [0.4, 0.5) is 15.2 Å². The molecule has 1 atom stereocenters. The van der Waals surface area contributed by atoms with Crippen molar-refractivity contribution in [1.29, 1.82) is 0 Å². The third kappa shape index (κ3) is 3.73. The van der Waals surface area contributed by atoms with Crippen LogP contribution in [-0.4, -0.2) is 39.9 Å². The fourth-order valence-corrected chi connectivity index (χ4v) is 5.93. The quantitative estimate of drug-likeness (QED) is 0.618. The summed E-state index contributed by atoms with van der Waals surface area (Å²) in [5, 5.41) is 5.37. The molecule has 144 valence electrons. The molecule has 7 heteroatoms. The summed E-state index contributed by atoms with van der Waals surface area (Å²) in [6.45, 7) is 1.94. The van der Waals surface area contributed by atoms with Crippen LogP contribution in [0.25, 0.3) is 10.2 Å². The Kier molecular flexibility index (Phi) is 4.94. The second kappa shape index (κ2) is 7.72. The van der Waals surface area contributed by atoms with Gasteiger partial charge in [0.2, 0.25) is 0 Å². The Hall–Kier alpha value is -2.12. The van der Waals surface area contributed by atoms with E-state index in [4.69, 9.17) is 4.99 Å². The van der Waals surface area contributed by atoms with E-state index in [-0.39, 0.29) is 5.82 Å². The van der Waals surface area contributed by atoms with Gasteiger partial charge in [0.1, 0.15) is 5.82 Å². The number of hydrogen-bond acceptors (Lipinski definition) is 5. The lowest BCUT2D eigenvalue weighted by molar-refractivity contribution is 0.440. The highest BCUT2D eigenvalue weighted by Gasteiger charge is 2.33. The number of hydrogen-bond donors (Lipinski definition) is 1. The summed E-state index contributed by atoms with van der Waals surface area (Å²) in [6.07, 6.45) is 3.51. The zero-order chi connectivity index (χ0) is 18.9. The lowest BCUT2D eigenvalue weighted by Gasteiger charge is -2.16. The van der Waals surface area contributed by atoms with Crippen LogP contribution in [0, 0.1) is 5.82 Å². The monoisotopic (exact) mass is 412 g/mol. The molecule has 0 spiro atoms. The van der Waals surface area contributed by atoms with Gasteiger partial charge in [0.05, 0.1) is 15.9 Å². The Morgan fingerprint density at radius 3 is 3.00 bits per heavy atom. The van der Waals surface area contributed by atoms with Gasteiger partial charge in [-0.2, -0.15) is 0 Å². The molecule has 3 aromatic rings. The van der Waals surface area contributed by atoms with Crippen molar-refractivity contribution in [1.82, 2.24) is 9.88 Å². The molecule has 0 aliphatic carbocycles. The molecule has 2 saturated heterocycles. The second-order valence-electron chi connectivity index (χ2n) is 7.17. The second-order valence-corrected chi connectivity index (χ2v) is 9.19. The normalized spacial score (nSPS) is 20.2. The number of nitrogens with zero attached hydrogens (tertiary/aromatic N) is 3. The van der Waals surface area contributed by atoms with Crippen LogP contribution in [0.15, 0.2) is 47.5 Å². The first-order chi connectivity index (χ1) is 13.7. The van der Waals surface area contributed by atoms with Gasteiger partial charge < -0.3 is 10.2 Å². The van der Waals surface area contributed by atoms with Crippen molar-refractivity contribution < 1.29 is 4.39 Å². The van der Waals surface area contributed by atoms with E-state index in [1.165, 1.54) is 52.8 Å². The van der Waals surface area contributed by atoms with Gasteiger partial charge in [0.25, 0.3) is 0 Å². The molecular weight excluding hydrogens is 391 g/mol. The standard InChI is InChI=1S/C21H21FN4S2/c22-15-5-8-18-19(12-15)28-20(25-18)23-10-9-14-3-6-16(7-4-14)24-21-26-11-1-2-17(26)13-27-21/h3-8,12,17H,1-2,9-11,13H2,(H,23,25)/t17-/m0/s1. The van der Waals surface area contributed by atoms with Gasteiger partial charge in [-0.05, 0) is 55.2 Å². The summed E-state index contributed by atoms with van der Waals surface area (Å²) in [7, 11) is 0. The van der Waals surface area contributed by atoms with Crippen molar-refractivity contribution in [3.8, 4) is 0 Å². The van der Waals surface area contributed by atoms with Gasteiger partial charge >= 0.3 is 0 Å². The number of halogens is 1. The number of thioether (sulfide) groups is 1. The first-order valence-electron chi connectivity index (χ1n) is 9.62. The molecule has 4 nitrogen and oxygen atoms in total. The van der Waals surface area contributed by atoms with E-state index in [1.54, 1.807) is 6.07 Å². The van der Waals surface area contributed by atoms with Crippen LogP contribution >= 0.6 is 23.1 Å². The molecule has 2 aliphatic rings. The Balaban J connectivity index is 1.18. The van der Waals surface area contributed by atoms with E-state index >= 15 is 0 Å². The van der Waals surface area contributed by atoms with Gasteiger partial charge in [0, 0.05) is 24.9 Å². The minimum atomic E-state index is -0.220. The fraction of sp³-hybridized carbons (Fsp3) is 0.333. The molecule has 3 heterocycles. The Labute approximate surface area is 171 Å². The molecule has 0 amide bonds. The highest BCUT2D eigenvalue weighted by atomic mass is 32.2. The summed E-state index contributed by atoms with van der Waals surface area (Å²) >= 11 is 3.37. The minimum absolute atomic E-state index is 0.220. The molecule has 1 N–H and O–H groups in total. The number of anilines is 1. The number of amidine groups is 1. The van der Waals surface area contributed by atoms with Crippen molar-refractivity contribution in [3.05, 3.63) is 53.8 Å². The Bertz CT molecular complexity index is 1010. The number of benzene rings is 2. The van der Waals surface area contributed by atoms with Gasteiger partial charge in [-0.15, -0.1) is 0 Å². The highest BCUT2D eigenvalue weighted by Crippen LogP contribution is 2.33. The van der Waals surface area contributed by atoms with Gasteiger partial charge in [0.15, 0.2) is 10.3 Å². The van der Waals surface area contributed by atoms with Gasteiger partial charge in [-0.3, -0.25) is 0 Å². The van der Waals surface area contributed by atoms with Crippen LogP contribution in [0.2, 0.25) is 0 Å². The van der Waals surface area contributed by atoms with Crippen LogP contribution in [-0.2, 0) is 6.42 Å². The number of fused-ring (bicyclic) bond motifs is 2. The van der Waals surface area contributed by atoms with Gasteiger partial charge in [-0.1, -0.05) is 35.2 Å². The smallest absolute Gasteiger partial charge is 0.183 e. The number of aliphatic imine (C=N–C) groups is 1. The van der Waals surface area contributed by atoms with E-state index < -0.39 is 0 Å². The van der Waals surface area contributed by atoms with Crippen molar-refractivity contribution in [2.45, 2.75) is 25.3 Å². The zero-order valence-corrected chi connectivity index (χ0v) is 17.0. The predicted molar refractivity (Wildman–Crippen MR) is 117 cm³/mol. The summed E-state index contributed by atoms with van der Waals surface area (Å²) in [4.78, 5) is 11.8. The molecule has 1 aromatic heterocycles. The average molecular weight is 413 g/mol. The predicted octanol–water partition coefficient (Wildman–Crippen LogP) is 5.29. The van der Waals surface area contributed by atoms with E-state index in [2.05, 4.69) is 39.5 Å². The largest absolute Gasteiger partial charge is 0.361 e. The summed E-state index contributed by atoms with van der Waals surface area (Å²) in [5.41, 5.74) is 3.13. The maximum atomic E-state index is 13.3. The first-order valence-corrected chi connectivity index (χ1v) is 11.4. The SMILES string of the molecule is Fc1ccc2nc(NCCc3ccc(N=C4SC[C@@H]5CCCN45)cc3)sc2c1. The highest BCUT2D eigenvalue weighted by molar-refractivity contribution is 8.14. The lowest BCUT2D eigenvalue weighted by atomic mass is 10.1. The van der Waals surface area contributed by atoms with Crippen molar-refractivity contribution >= 4 is 49.3 Å².